The lowest BCUT2D eigenvalue weighted by Crippen LogP contribution is -2.35. The number of carbonyl (C=O) groups is 3. The summed E-state index contributed by atoms with van der Waals surface area (Å²) in [5.74, 6) is -2.57. The second-order valence-corrected chi connectivity index (χ2v) is 14.0. The summed E-state index contributed by atoms with van der Waals surface area (Å²) in [6.07, 6.45) is 1.45. The molecule has 1 amide bonds. The van der Waals surface area contributed by atoms with Crippen molar-refractivity contribution < 1.29 is 51.1 Å². The van der Waals surface area contributed by atoms with Crippen LogP contribution in [-0.2, 0) is 42.0 Å². The van der Waals surface area contributed by atoms with Crippen LogP contribution in [0, 0.1) is 5.92 Å². The van der Waals surface area contributed by atoms with E-state index in [1.807, 2.05) is 0 Å². The maximum Gasteiger partial charge on any atom is 0.587 e. The number of benzene rings is 2. The number of nitrogens with one attached hydrogen (secondary N) is 1. The minimum absolute atomic E-state index is 0.0589. The van der Waals surface area contributed by atoms with E-state index in [-0.39, 0.29) is 37.9 Å². The van der Waals surface area contributed by atoms with Gasteiger partial charge < -0.3 is 28.4 Å². The van der Waals surface area contributed by atoms with Crippen LogP contribution in [0.2, 0.25) is 0 Å². The topological polar surface area (TPSA) is 153 Å². The van der Waals surface area contributed by atoms with Crippen LogP contribution in [0.15, 0.2) is 60.7 Å². The Morgan fingerprint density at radius 2 is 1.37 bits per heavy atom. The maximum absolute atomic E-state index is 13.5. The lowest BCUT2D eigenvalue weighted by molar-refractivity contribution is -0.146. The molecule has 0 heterocycles. The normalized spacial score (nSPS) is 14.0. The van der Waals surface area contributed by atoms with E-state index in [4.69, 9.17) is 22.8 Å². The predicted molar refractivity (Wildman–Crippen MR) is 160 cm³/mol. The molecule has 2 aromatic rings. The van der Waals surface area contributed by atoms with Crippen LogP contribution >= 0.6 is 15.2 Å². The largest absolute Gasteiger partial charge is 0.587 e. The number of ether oxygens (including phenoxy) is 2. The van der Waals surface area contributed by atoms with Gasteiger partial charge in [0.05, 0.1) is 26.7 Å². The first-order chi connectivity index (χ1) is 20.5. The first kappa shape index (κ1) is 36.0. The Kier molecular flexibility index (Phi) is 15.5. The highest BCUT2D eigenvalue weighted by molar-refractivity contribution is 7.59. The minimum Gasteiger partial charge on any atom is -0.469 e. The molecule has 0 saturated heterocycles. The quantitative estimate of drug-likeness (QED) is 0.104. The average molecular weight is 642 g/mol. The summed E-state index contributed by atoms with van der Waals surface area (Å²) < 4.78 is 58.3. The number of methoxy groups -OCH3 is 2. The van der Waals surface area contributed by atoms with E-state index in [2.05, 4.69) is 10.1 Å². The highest BCUT2D eigenvalue weighted by Crippen LogP contribution is 2.52. The molecule has 0 aromatic heterocycles. The molecular weight excluding hydrogens is 600 g/mol. The monoisotopic (exact) mass is 641 g/mol. The van der Waals surface area contributed by atoms with Crippen molar-refractivity contribution in [2.75, 3.05) is 34.1 Å². The molecule has 3 unspecified atom stereocenters. The van der Waals surface area contributed by atoms with Gasteiger partial charge in [0.2, 0.25) is 13.3 Å². The second-order valence-electron chi connectivity index (χ2n) is 9.57. The predicted octanol–water partition coefficient (Wildman–Crippen LogP) is 5.96. The molecule has 12 nitrogen and oxygen atoms in total. The van der Waals surface area contributed by atoms with E-state index >= 15 is 0 Å². The van der Waals surface area contributed by atoms with Crippen LogP contribution in [0.25, 0.3) is 0 Å². The van der Waals surface area contributed by atoms with Gasteiger partial charge in [0.25, 0.3) is 0 Å². The zero-order valence-electron chi connectivity index (χ0n) is 25.0. The van der Waals surface area contributed by atoms with Crippen LogP contribution < -0.4 is 14.4 Å². The molecule has 0 radical (unpaired) electrons. The fraction of sp³-hybridized carbons (Fsp3) is 0.483. The lowest BCUT2D eigenvalue weighted by atomic mass is 10.1. The summed E-state index contributed by atoms with van der Waals surface area (Å²) in [6.45, 7) is 1.61. The third kappa shape index (κ3) is 12.9. The third-order valence-corrected chi connectivity index (χ3v) is 10.7. The van der Waals surface area contributed by atoms with Crippen molar-refractivity contribution in [2.24, 2.45) is 5.92 Å². The average Bonchev–Trinajstić information content (AvgIpc) is 3.01. The summed E-state index contributed by atoms with van der Waals surface area (Å²) in [7, 11) is -3.83. The highest BCUT2D eigenvalue weighted by atomic mass is 31.2. The van der Waals surface area contributed by atoms with Crippen LogP contribution in [-0.4, -0.2) is 57.7 Å². The maximum atomic E-state index is 13.5. The number of phosphoric acid groups is 1. The Labute approximate surface area is 252 Å². The fourth-order valence-corrected chi connectivity index (χ4v) is 7.30. The Morgan fingerprint density at radius 3 is 1.88 bits per heavy atom. The number of rotatable bonds is 20. The van der Waals surface area contributed by atoms with Crippen LogP contribution in [0.4, 0.5) is 0 Å². The molecule has 0 bridgehead atoms. The van der Waals surface area contributed by atoms with Crippen molar-refractivity contribution in [3.8, 4) is 11.5 Å². The van der Waals surface area contributed by atoms with Gasteiger partial charge in [-0.05, 0) is 50.5 Å². The number of hydrogen-bond donors (Lipinski definition) is 1. The zero-order valence-corrected chi connectivity index (χ0v) is 26.8. The van der Waals surface area contributed by atoms with E-state index in [1.165, 1.54) is 21.3 Å². The van der Waals surface area contributed by atoms with Crippen LogP contribution in [0.5, 0.6) is 11.5 Å². The number of hydrogen-bond acceptors (Lipinski definition) is 11. The van der Waals surface area contributed by atoms with E-state index in [0.29, 0.717) is 30.8 Å². The SMILES string of the molecule is COC(=O)CCC(CP(=O)(OC)C(C)NC(=O)CCCCCOP(=O)(Oc1ccccc1)Oc1ccccc1)C(=O)OC. The Morgan fingerprint density at radius 1 is 0.791 bits per heavy atom. The molecule has 14 heteroatoms. The van der Waals surface area contributed by atoms with Crippen molar-refractivity contribution in [1.82, 2.24) is 5.32 Å². The van der Waals surface area contributed by atoms with Gasteiger partial charge in [0.15, 0.2) is 0 Å². The van der Waals surface area contributed by atoms with Gasteiger partial charge in [-0.15, -0.1) is 0 Å². The summed E-state index contributed by atoms with van der Waals surface area (Å²) in [4.78, 5) is 36.4. The molecule has 238 valence electrons. The molecular formula is C29H41NO11P2. The molecule has 0 spiro atoms. The minimum atomic E-state index is -3.99. The Bertz CT molecular complexity index is 1200. The van der Waals surface area contributed by atoms with Crippen molar-refractivity contribution in [3.05, 3.63) is 60.7 Å². The molecule has 0 aliphatic carbocycles. The molecule has 3 atom stereocenters. The van der Waals surface area contributed by atoms with Gasteiger partial charge in [-0.2, -0.15) is 0 Å². The number of esters is 2. The van der Waals surface area contributed by atoms with Crippen LogP contribution in [0.1, 0.15) is 45.4 Å². The number of para-hydroxylation sites is 2. The summed E-state index contributed by atoms with van der Waals surface area (Å²) in [5.41, 5.74) is 0. The van der Waals surface area contributed by atoms with Gasteiger partial charge in [-0.3, -0.25) is 23.5 Å². The lowest BCUT2D eigenvalue weighted by Gasteiger charge is -2.27. The molecule has 0 aliphatic heterocycles. The second kappa shape index (κ2) is 18.5. The Balaban J connectivity index is 1.84. The van der Waals surface area contributed by atoms with E-state index in [1.54, 1.807) is 67.6 Å². The zero-order chi connectivity index (χ0) is 31.7. The summed E-state index contributed by atoms with van der Waals surface area (Å²) in [6, 6.07) is 17.1. The van der Waals surface area contributed by atoms with Gasteiger partial charge in [-0.1, -0.05) is 42.8 Å². The molecule has 0 aliphatic rings. The van der Waals surface area contributed by atoms with Gasteiger partial charge in [0, 0.05) is 26.1 Å². The van der Waals surface area contributed by atoms with Crippen molar-refractivity contribution in [2.45, 2.75) is 51.2 Å². The van der Waals surface area contributed by atoms with E-state index in [0.717, 1.165) is 0 Å². The molecule has 43 heavy (non-hydrogen) atoms. The third-order valence-electron chi connectivity index (χ3n) is 6.42. The molecule has 0 saturated carbocycles. The summed E-state index contributed by atoms with van der Waals surface area (Å²) in [5, 5.41) is 2.69. The van der Waals surface area contributed by atoms with Crippen molar-refractivity contribution in [3.63, 3.8) is 0 Å². The van der Waals surface area contributed by atoms with Crippen molar-refractivity contribution >= 4 is 33.0 Å². The van der Waals surface area contributed by atoms with Gasteiger partial charge in [-0.25, -0.2) is 4.57 Å². The first-order valence-corrected chi connectivity index (χ1v) is 17.2. The van der Waals surface area contributed by atoms with Gasteiger partial charge in [0.1, 0.15) is 17.3 Å². The molecule has 0 fully saturated rings. The highest BCUT2D eigenvalue weighted by Gasteiger charge is 2.37. The molecule has 2 aromatic carbocycles. The number of unbranched alkanes of at least 4 members (excludes halogenated alkanes) is 2. The van der Waals surface area contributed by atoms with Gasteiger partial charge >= 0.3 is 19.8 Å². The number of phosphoric ester groups is 1. The van der Waals surface area contributed by atoms with Crippen molar-refractivity contribution in [1.29, 1.82) is 0 Å². The van der Waals surface area contributed by atoms with Crippen LogP contribution in [0.3, 0.4) is 0 Å². The van der Waals surface area contributed by atoms with E-state index < -0.39 is 38.8 Å². The molecule has 1 N–H and O–H groups in total. The smallest absolute Gasteiger partial charge is 0.469 e. The fourth-order valence-electron chi connectivity index (χ4n) is 3.98. The molecule has 2 rings (SSSR count). The summed E-state index contributed by atoms with van der Waals surface area (Å²) >= 11 is 0. The first-order valence-electron chi connectivity index (χ1n) is 13.9. The Hall–Kier alpha value is -3.17. The number of carbonyl (C=O) groups excluding carboxylic acids is 3. The number of amides is 1. The standard InChI is InChI=1S/C29H41NO11P2/c1-23(42(34,38-4)22-24(29(33)37-3)19-20-28(32)36-2)30-27(31)18-12-7-13-21-39-43(35,40-25-14-8-5-9-15-25)41-26-16-10-6-11-17-26/h5-6,8-11,14-17,23-24H,7,12-13,18-22H2,1-4H3,(H,30,31). The van der Waals surface area contributed by atoms with E-state index in [9.17, 15) is 23.5 Å².